The molecular weight excluding hydrogens is 549 g/mol. The smallest absolute Gasteiger partial charge is 0.0654 e. The summed E-state index contributed by atoms with van der Waals surface area (Å²) in [6.45, 7) is 11.3. The van der Waals surface area contributed by atoms with Crippen LogP contribution in [-0.2, 0) is 12.7 Å². The Labute approximate surface area is 276 Å². The van der Waals surface area contributed by atoms with Gasteiger partial charge in [-0.3, -0.25) is 0 Å². The number of fused-ring (bicyclic) bond motifs is 2. The van der Waals surface area contributed by atoms with E-state index in [9.17, 15) is 0 Å². The van der Waals surface area contributed by atoms with Gasteiger partial charge in [0.15, 0.2) is 9.58 Å². The first-order chi connectivity index (χ1) is 21.5. The average Bonchev–Trinajstić information content (AvgIpc) is 3.28. The van der Waals surface area contributed by atoms with Crippen molar-refractivity contribution in [3.63, 3.8) is 0 Å². The Hall–Kier alpha value is -2.12. The third-order valence-corrected chi connectivity index (χ3v) is 11.5. The molecule has 0 aliphatic carbocycles. The molecule has 0 amide bonds. The van der Waals surface area contributed by atoms with Gasteiger partial charge in [0.1, 0.15) is 6.26 Å². The Morgan fingerprint density at radius 1 is 0.455 bits per heavy atom. The zero-order chi connectivity index (χ0) is 31.8. The molecule has 3 aromatic carbocycles. The van der Waals surface area contributed by atoms with Gasteiger partial charge < -0.3 is 0 Å². The van der Waals surface area contributed by atoms with E-state index in [4.69, 9.17) is 0 Å². The number of rotatable bonds is 18. The lowest BCUT2D eigenvalue weighted by molar-refractivity contribution is 0.534. The lowest BCUT2D eigenvalue weighted by atomic mass is 10.00. The Balaban J connectivity index is 0.000000233. The molecule has 0 radical (unpaired) electrons. The van der Waals surface area contributed by atoms with Crippen LogP contribution in [0.1, 0.15) is 152 Å². The van der Waals surface area contributed by atoms with Gasteiger partial charge in [0.2, 0.25) is 0 Å². The normalized spacial score (nSPS) is 11.3. The molecule has 0 bridgehead atoms. The van der Waals surface area contributed by atoms with Crippen LogP contribution in [0.3, 0.4) is 0 Å². The van der Waals surface area contributed by atoms with Gasteiger partial charge >= 0.3 is 0 Å². The Morgan fingerprint density at radius 2 is 0.886 bits per heavy atom. The van der Waals surface area contributed by atoms with Crippen LogP contribution in [0.5, 0.6) is 0 Å². The summed E-state index contributed by atoms with van der Waals surface area (Å²) in [6.07, 6.45) is 29.4. The number of hydrogen-bond acceptors (Lipinski definition) is 0. The summed E-state index contributed by atoms with van der Waals surface area (Å²) in [5.41, 5.74) is 2.98. The molecule has 0 saturated carbocycles. The molecule has 4 aromatic rings. The first kappa shape index (κ1) is 38.1. The molecule has 0 spiro atoms. The maximum atomic E-state index is 2.31. The minimum Gasteiger partial charge on any atom is -0.0654 e. The number of thiophene rings is 1. The van der Waals surface area contributed by atoms with Gasteiger partial charge in [0, 0.05) is 17.9 Å². The molecule has 0 fully saturated rings. The SMILES string of the molecule is CCCCCCCCCCCCCCCCC.CCCCCc1cccc2ccccc12.Cc1c(C)[s+](C)c2ccccc12. The molecule has 1 heteroatoms. The van der Waals surface area contributed by atoms with Gasteiger partial charge in [0.05, 0.1) is 0 Å². The van der Waals surface area contributed by atoms with E-state index in [2.05, 4.69) is 108 Å². The van der Waals surface area contributed by atoms with Gasteiger partial charge in [0.25, 0.3) is 0 Å². The van der Waals surface area contributed by atoms with Crippen molar-refractivity contribution in [3.8, 4) is 0 Å². The van der Waals surface area contributed by atoms with E-state index in [1.54, 1.807) is 4.88 Å². The van der Waals surface area contributed by atoms with Crippen molar-refractivity contribution < 1.29 is 0 Å². The zero-order valence-electron chi connectivity index (χ0n) is 29.7. The predicted molar refractivity (Wildman–Crippen MR) is 205 cm³/mol. The fourth-order valence-corrected chi connectivity index (χ4v) is 7.88. The topological polar surface area (TPSA) is 0 Å². The van der Waals surface area contributed by atoms with Crippen molar-refractivity contribution in [1.29, 1.82) is 0 Å². The molecular formula is C43H67S+. The predicted octanol–water partition coefficient (Wildman–Crippen LogP) is 15.2. The van der Waals surface area contributed by atoms with Gasteiger partial charge in [-0.1, -0.05) is 185 Å². The van der Waals surface area contributed by atoms with E-state index in [1.807, 2.05) is 0 Å². The van der Waals surface area contributed by atoms with Crippen molar-refractivity contribution >= 4 is 31.3 Å². The van der Waals surface area contributed by atoms with E-state index in [-0.39, 0.29) is 0 Å². The largest absolute Gasteiger partial charge is 0.180 e. The maximum absolute atomic E-state index is 2.31. The van der Waals surface area contributed by atoms with Crippen molar-refractivity contribution in [2.24, 2.45) is 6.26 Å². The van der Waals surface area contributed by atoms with Gasteiger partial charge in [-0.05, 0) is 58.7 Å². The van der Waals surface area contributed by atoms with E-state index in [1.165, 1.54) is 154 Å². The molecule has 0 N–H and O–H groups in total. The quantitative estimate of drug-likeness (QED) is 0.0771. The molecule has 4 rings (SSSR count). The zero-order valence-corrected chi connectivity index (χ0v) is 30.5. The lowest BCUT2D eigenvalue weighted by Gasteiger charge is -2.05. The van der Waals surface area contributed by atoms with Crippen LogP contribution in [0.4, 0.5) is 0 Å². The summed E-state index contributed by atoms with van der Waals surface area (Å²) in [4.78, 5) is 1.55. The number of unbranched alkanes of at least 4 members (excludes halogenated alkanes) is 16. The van der Waals surface area contributed by atoms with Crippen LogP contribution in [-0.4, -0.2) is 0 Å². The fraction of sp³-hybridized carbons (Fsp3) is 0.581. The average molecular weight is 616 g/mol. The molecule has 1 atom stereocenters. The number of hydrogen-bond donors (Lipinski definition) is 0. The summed E-state index contributed by atoms with van der Waals surface area (Å²) in [6, 6.07) is 24.0. The second-order valence-corrected chi connectivity index (χ2v) is 15.0. The molecule has 0 nitrogen and oxygen atoms in total. The molecule has 1 unspecified atom stereocenters. The summed E-state index contributed by atoms with van der Waals surface area (Å²) in [5, 5.41) is 4.25. The highest BCUT2D eigenvalue weighted by Crippen LogP contribution is 2.37. The molecule has 44 heavy (non-hydrogen) atoms. The second-order valence-electron chi connectivity index (χ2n) is 12.9. The highest BCUT2D eigenvalue weighted by molar-refractivity contribution is 7.36. The lowest BCUT2D eigenvalue weighted by Crippen LogP contribution is -1.87. The summed E-state index contributed by atoms with van der Waals surface area (Å²) < 4.78 is 1.52. The monoisotopic (exact) mass is 615 g/mol. The molecule has 1 heterocycles. The Kier molecular flexibility index (Phi) is 20.9. The number of aryl methyl sites for hydroxylation is 3. The van der Waals surface area contributed by atoms with Crippen molar-refractivity contribution in [2.45, 2.75) is 157 Å². The fourth-order valence-electron chi connectivity index (χ4n) is 6.15. The highest BCUT2D eigenvalue weighted by Gasteiger charge is 2.16. The van der Waals surface area contributed by atoms with Crippen LogP contribution in [0, 0.1) is 13.8 Å². The van der Waals surface area contributed by atoms with Crippen molar-refractivity contribution in [2.75, 3.05) is 0 Å². The molecule has 0 aliphatic heterocycles. The highest BCUT2D eigenvalue weighted by atomic mass is 32.2. The summed E-state index contributed by atoms with van der Waals surface area (Å²) in [7, 11) is 0.357. The van der Waals surface area contributed by atoms with E-state index in [0.717, 1.165) is 0 Å². The first-order valence-electron chi connectivity index (χ1n) is 18.4. The van der Waals surface area contributed by atoms with E-state index in [0.29, 0.717) is 10.5 Å². The molecule has 1 aromatic heterocycles. The molecule has 0 aliphatic rings. The van der Waals surface area contributed by atoms with Crippen LogP contribution < -0.4 is 0 Å². The van der Waals surface area contributed by atoms with Crippen LogP contribution in [0.15, 0.2) is 66.7 Å². The van der Waals surface area contributed by atoms with Crippen LogP contribution in [0.25, 0.3) is 20.9 Å². The van der Waals surface area contributed by atoms with Crippen LogP contribution >= 0.6 is 10.5 Å². The standard InChI is InChI=1S/C17H36.C15H18.C11H13S/c1-3-5-7-9-11-13-15-17-16-14-12-10-8-6-4-2;1-2-3-4-8-13-10-7-11-14-9-5-6-12-15(13)14;1-8-9(2)12(3)11-7-5-4-6-10(8)11/h3-17H2,1-2H3;5-7,9-12H,2-4,8H2,1H3;4-7H,1-3H3/q;;+1. The van der Waals surface area contributed by atoms with Gasteiger partial charge in [-0.15, -0.1) is 0 Å². The Bertz CT molecular complexity index is 1200. The molecule has 0 saturated heterocycles. The van der Waals surface area contributed by atoms with Crippen LogP contribution in [0.2, 0.25) is 0 Å². The third kappa shape index (κ3) is 14.3. The van der Waals surface area contributed by atoms with Gasteiger partial charge in [-0.25, -0.2) is 0 Å². The van der Waals surface area contributed by atoms with E-state index < -0.39 is 0 Å². The number of benzene rings is 3. The van der Waals surface area contributed by atoms with E-state index >= 15 is 0 Å². The van der Waals surface area contributed by atoms with Crippen molar-refractivity contribution in [3.05, 3.63) is 82.7 Å². The molecule has 244 valence electrons. The minimum atomic E-state index is 0.357. The van der Waals surface area contributed by atoms with Crippen molar-refractivity contribution in [1.82, 2.24) is 0 Å². The summed E-state index contributed by atoms with van der Waals surface area (Å²) >= 11 is 0. The van der Waals surface area contributed by atoms with Gasteiger partial charge in [-0.2, -0.15) is 0 Å². The minimum absolute atomic E-state index is 0.357. The second kappa shape index (κ2) is 24.2. The Morgan fingerprint density at radius 3 is 1.41 bits per heavy atom. The maximum Gasteiger partial charge on any atom is 0.180 e. The summed E-state index contributed by atoms with van der Waals surface area (Å²) in [5.74, 6) is 0. The first-order valence-corrected chi connectivity index (χ1v) is 20.1. The third-order valence-electron chi connectivity index (χ3n) is 9.25.